The molecule has 73 heavy (non-hydrogen) atoms. The van der Waals surface area contributed by atoms with Crippen LogP contribution in [0.5, 0.6) is 0 Å². The summed E-state index contributed by atoms with van der Waals surface area (Å²) in [6.07, 6.45) is 5.15. The third-order valence-electron chi connectivity index (χ3n) is 7.54. The number of halogens is 6. The summed E-state index contributed by atoms with van der Waals surface area (Å²) in [6.45, 7) is -0.403. The Labute approximate surface area is 415 Å². The van der Waals surface area contributed by atoms with Gasteiger partial charge in [-0.3, -0.25) is 34.7 Å². The Kier molecular flexibility index (Phi) is 27.0. The van der Waals surface area contributed by atoms with Gasteiger partial charge in [-0.2, -0.15) is 26.3 Å². The highest BCUT2D eigenvalue weighted by Crippen LogP contribution is 2.30. The molecular formula is C55H27F6N5O7. The zero-order valence-electron chi connectivity index (χ0n) is 37.2. The normalized spacial score (nSPS) is 10.0. The van der Waals surface area contributed by atoms with Crippen LogP contribution in [-0.4, -0.2) is 69.3 Å². The predicted molar refractivity (Wildman–Crippen MR) is 260 cm³/mol. The molecule has 4 rings (SSSR count). The molecule has 3 aromatic carbocycles. The van der Waals surface area contributed by atoms with Gasteiger partial charge >= 0.3 is 12.4 Å². The molecule has 0 bridgehead atoms. The standard InChI is InChI=1S/C17H12F3N3O4.C15H4.C14H2.C9H9F3N2O3/c18-17(19,20)14(21-10-4-3-5-11(8-10)23(26)27)9-22-15(24)12-6-1-2-7-13(12)16(22)25;1-3-5-7-9-11-13-15-14-12-10-8-6-4-2;1-3-5-7-9-11-13-14-12-10-8-6-4-2;10-9(11,12)8(5-15)13-6-2-1-3-7(4-6)14(16)17/h1-8,14,21H,9H2;1H,2H3;1-2H;1-4,8,13,15H,5H2. The number of hydrogen-bond acceptors (Lipinski definition) is 9. The molecule has 1 aliphatic rings. The van der Waals surface area contributed by atoms with Gasteiger partial charge in [0.1, 0.15) is 12.1 Å². The predicted octanol–water partition coefficient (Wildman–Crippen LogP) is 6.09. The van der Waals surface area contributed by atoms with Gasteiger partial charge in [-0.05, 0) is 173 Å². The van der Waals surface area contributed by atoms with E-state index in [-0.39, 0.29) is 33.9 Å². The van der Waals surface area contributed by atoms with Crippen LogP contribution in [0.3, 0.4) is 0 Å². The van der Waals surface area contributed by atoms with Crippen molar-refractivity contribution >= 4 is 34.6 Å². The van der Waals surface area contributed by atoms with Crippen LogP contribution in [0, 0.1) is 188 Å². The Hall–Kier alpha value is -11.4. The Balaban J connectivity index is 0.000000509. The summed E-state index contributed by atoms with van der Waals surface area (Å²) in [5, 5.41) is 33.9. The largest absolute Gasteiger partial charge is 0.410 e. The van der Waals surface area contributed by atoms with Crippen LogP contribution in [0.4, 0.5) is 49.1 Å². The van der Waals surface area contributed by atoms with Crippen LogP contribution in [-0.2, 0) is 0 Å². The van der Waals surface area contributed by atoms with Gasteiger partial charge in [-0.15, -0.1) is 19.3 Å². The fourth-order valence-corrected chi connectivity index (χ4v) is 4.57. The molecule has 2 atom stereocenters. The first-order valence-electron chi connectivity index (χ1n) is 19.4. The third kappa shape index (κ3) is 24.3. The number of fused-ring (bicyclic) bond motifs is 1. The molecule has 2 amide bonds. The minimum absolute atomic E-state index is 0.0405. The molecule has 1 aliphatic heterocycles. The lowest BCUT2D eigenvalue weighted by molar-refractivity contribution is -0.385. The van der Waals surface area contributed by atoms with Gasteiger partial charge in [-0.1, -0.05) is 30.2 Å². The smallest absolute Gasteiger partial charge is 0.394 e. The number of rotatable bonds is 9. The van der Waals surface area contributed by atoms with Crippen molar-refractivity contribution in [3.8, 4) is 167 Å². The maximum Gasteiger partial charge on any atom is 0.410 e. The van der Waals surface area contributed by atoms with Gasteiger partial charge in [0.05, 0.1) is 34.1 Å². The van der Waals surface area contributed by atoms with Crippen molar-refractivity contribution in [1.82, 2.24) is 4.90 Å². The Morgan fingerprint density at radius 1 is 0.534 bits per heavy atom. The quantitative estimate of drug-likeness (QED) is 0.0756. The molecule has 0 saturated heterocycles. The number of nitro groups is 2. The second-order valence-electron chi connectivity index (χ2n) is 12.3. The van der Waals surface area contributed by atoms with Crippen LogP contribution in [0.2, 0.25) is 0 Å². The first kappa shape index (κ1) is 59.6. The lowest BCUT2D eigenvalue weighted by Crippen LogP contribution is -2.47. The van der Waals surface area contributed by atoms with Crippen LogP contribution in [0.15, 0.2) is 72.8 Å². The van der Waals surface area contributed by atoms with Gasteiger partial charge < -0.3 is 15.7 Å². The molecular weight excluding hydrogens is 957 g/mol. The monoisotopic (exact) mass is 983 g/mol. The van der Waals surface area contributed by atoms with E-state index in [4.69, 9.17) is 24.4 Å². The van der Waals surface area contributed by atoms with Crippen molar-refractivity contribution in [2.24, 2.45) is 0 Å². The Bertz CT molecular complexity index is 3360. The highest BCUT2D eigenvalue weighted by Gasteiger charge is 2.45. The number of imide groups is 1. The number of carbonyl (C=O) groups is 2. The summed E-state index contributed by atoms with van der Waals surface area (Å²) >= 11 is 0. The number of hydrogen-bond donors (Lipinski definition) is 3. The van der Waals surface area contributed by atoms with Gasteiger partial charge in [0, 0.05) is 35.6 Å². The molecule has 2 unspecified atom stereocenters. The van der Waals surface area contributed by atoms with Crippen molar-refractivity contribution in [3.63, 3.8) is 0 Å². The molecule has 1 heterocycles. The molecule has 0 aliphatic carbocycles. The summed E-state index contributed by atoms with van der Waals surface area (Å²) in [4.78, 5) is 44.8. The number of aliphatic hydroxyl groups excluding tert-OH is 1. The van der Waals surface area contributed by atoms with E-state index in [9.17, 15) is 56.2 Å². The van der Waals surface area contributed by atoms with Crippen molar-refractivity contribution in [2.45, 2.75) is 31.4 Å². The topological polar surface area (TPSA) is 168 Å². The molecule has 0 fully saturated rings. The molecule has 0 spiro atoms. The second kappa shape index (κ2) is 33.1. The minimum Gasteiger partial charge on any atom is -0.394 e. The number of anilines is 2. The third-order valence-corrected chi connectivity index (χ3v) is 7.54. The van der Waals surface area contributed by atoms with E-state index in [1.165, 1.54) is 48.5 Å². The number of non-ortho nitro benzene ring substituents is 2. The Morgan fingerprint density at radius 2 is 0.849 bits per heavy atom. The highest BCUT2D eigenvalue weighted by molar-refractivity contribution is 6.21. The Morgan fingerprint density at radius 3 is 1.14 bits per heavy atom. The number of terminal acetylenes is 3. The number of amides is 2. The van der Waals surface area contributed by atoms with E-state index >= 15 is 0 Å². The zero-order chi connectivity index (χ0) is 54.5. The van der Waals surface area contributed by atoms with Crippen LogP contribution in [0.1, 0.15) is 27.6 Å². The number of nitro benzene ring substituents is 2. The summed E-state index contributed by atoms with van der Waals surface area (Å²) in [7, 11) is 0. The number of carbonyl (C=O) groups excluding carboxylic acids is 2. The second-order valence-corrected chi connectivity index (χ2v) is 12.3. The van der Waals surface area contributed by atoms with Crippen molar-refractivity contribution in [3.05, 3.63) is 104 Å². The summed E-state index contributed by atoms with van der Waals surface area (Å²) in [5.74, 6) is 58.6. The van der Waals surface area contributed by atoms with E-state index in [1.807, 2.05) is 5.32 Å². The zero-order valence-corrected chi connectivity index (χ0v) is 37.2. The number of benzene rings is 3. The fourth-order valence-electron chi connectivity index (χ4n) is 4.57. The molecule has 18 heteroatoms. The van der Waals surface area contributed by atoms with Gasteiger partial charge in [0.15, 0.2) is 0 Å². The minimum atomic E-state index is -4.81. The lowest BCUT2D eigenvalue weighted by Gasteiger charge is -2.26. The average molecular weight is 984 g/mol. The average Bonchev–Trinajstić information content (AvgIpc) is 3.60. The number of alkyl halides is 6. The van der Waals surface area contributed by atoms with Gasteiger partial charge in [0.25, 0.3) is 23.2 Å². The van der Waals surface area contributed by atoms with Gasteiger partial charge in [0.2, 0.25) is 0 Å². The lowest BCUT2D eigenvalue weighted by atomic mass is 10.1. The molecule has 356 valence electrons. The molecule has 0 radical (unpaired) electrons. The number of nitrogens with zero attached hydrogens (tertiary/aromatic N) is 3. The van der Waals surface area contributed by atoms with Crippen molar-refractivity contribution in [2.75, 3.05) is 23.8 Å². The van der Waals surface area contributed by atoms with E-state index in [0.717, 1.165) is 24.3 Å². The summed E-state index contributed by atoms with van der Waals surface area (Å²) < 4.78 is 77.3. The van der Waals surface area contributed by atoms with E-state index < -0.39 is 59.2 Å². The van der Waals surface area contributed by atoms with Crippen LogP contribution < -0.4 is 10.6 Å². The van der Waals surface area contributed by atoms with Crippen molar-refractivity contribution in [1.29, 1.82) is 0 Å². The van der Waals surface area contributed by atoms with Crippen LogP contribution in [0.25, 0.3) is 0 Å². The van der Waals surface area contributed by atoms with Crippen LogP contribution >= 0.6 is 0 Å². The molecule has 0 saturated carbocycles. The maximum atomic E-state index is 13.5. The number of nitrogens with one attached hydrogen (secondary N) is 2. The van der Waals surface area contributed by atoms with Gasteiger partial charge in [-0.25, -0.2) is 0 Å². The molecule has 0 aromatic heterocycles. The molecule has 3 N–H and O–H groups in total. The van der Waals surface area contributed by atoms with E-state index in [0.29, 0.717) is 4.90 Å². The van der Waals surface area contributed by atoms with E-state index in [2.05, 4.69) is 153 Å². The molecule has 3 aromatic rings. The summed E-state index contributed by atoms with van der Waals surface area (Å²) in [6, 6.07) is 10.5. The first-order chi connectivity index (χ1) is 34.9. The van der Waals surface area contributed by atoms with E-state index in [1.54, 1.807) is 6.92 Å². The maximum absolute atomic E-state index is 13.5. The first-order valence-corrected chi connectivity index (χ1v) is 19.4. The highest BCUT2D eigenvalue weighted by atomic mass is 19.4. The fraction of sp³-hybridized carbons (Fsp3) is 0.127. The SMILES string of the molecule is C#CC#CC#CC#CC#CC#CC#C.C#CC#CC#CC#CC#CC#CC#CC.O=C1c2ccccc2C(=O)N1CC(Nc1cccc([N+](=O)[O-])c1)C(F)(F)F.O=[N+]([O-])c1cccc(NC(CO)C(F)(F)F)c1. The number of aliphatic hydroxyl groups is 1. The van der Waals surface area contributed by atoms with Crippen molar-refractivity contribution < 1.29 is 50.9 Å². The summed E-state index contributed by atoms with van der Waals surface area (Å²) in [5.41, 5.74) is -0.855. The molecule has 12 nitrogen and oxygen atoms in total.